The highest BCUT2D eigenvalue weighted by Gasteiger charge is 2.23. The van der Waals surface area contributed by atoms with Gasteiger partial charge in [-0.2, -0.15) is 0 Å². The van der Waals surface area contributed by atoms with Crippen molar-refractivity contribution in [2.45, 2.75) is 19.8 Å². The second-order valence-corrected chi connectivity index (χ2v) is 8.03. The molecule has 32 heavy (non-hydrogen) atoms. The van der Waals surface area contributed by atoms with Crippen LogP contribution in [-0.2, 0) is 16.0 Å². The summed E-state index contributed by atoms with van der Waals surface area (Å²) in [6.45, 7) is 4.42. The van der Waals surface area contributed by atoms with E-state index in [1.807, 2.05) is 28.0 Å². The molecule has 4 rings (SSSR count). The third-order valence-corrected chi connectivity index (χ3v) is 5.56. The fourth-order valence-corrected chi connectivity index (χ4v) is 3.78. The minimum Gasteiger partial charge on any atom is -0.441 e. The third kappa shape index (κ3) is 5.54. The third-order valence-electron chi connectivity index (χ3n) is 5.23. The van der Waals surface area contributed by atoms with Crippen molar-refractivity contribution in [1.82, 2.24) is 19.9 Å². The van der Waals surface area contributed by atoms with Crippen LogP contribution in [0.2, 0.25) is 5.02 Å². The van der Waals surface area contributed by atoms with E-state index in [1.54, 1.807) is 25.3 Å². The highest BCUT2D eigenvalue weighted by atomic mass is 35.5. The molecule has 0 radical (unpaired) electrons. The molecular weight excluding hydrogens is 434 g/mol. The number of hydrogen-bond acceptors (Lipinski definition) is 7. The van der Waals surface area contributed by atoms with Gasteiger partial charge in [-0.3, -0.25) is 14.5 Å². The lowest BCUT2D eigenvalue weighted by Gasteiger charge is -2.34. The van der Waals surface area contributed by atoms with Crippen LogP contribution in [0.4, 0.5) is 5.82 Å². The van der Waals surface area contributed by atoms with Crippen molar-refractivity contribution in [3.63, 3.8) is 0 Å². The molecule has 1 N–H and O–H groups in total. The van der Waals surface area contributed by atoms with Crippen molar-refractivity contribution in [1.29, 1.82) is 0 Å². The SMILES string of the molecule is Cc1cc(NC(=O)CN2CCN(C(=O)CCc3ncc(-c4ccccc4Cl)o3)CC2)no1. The average Bonchev–Trinajstić information content (AvgIpc) is 3.41. The van der Waals surface area contributed by atoms with Crippen LogP contribution in [-0.4, -0.2) is 64.5 Å². The molecule has 168 valence electrons. The number of oxazole rings is 1. The van der Waals surface area contributed by atoms with Gasteiger partial charge in [0.25, 0.3) is 0 Å². The number of amides is 2. The molecule has 0 atom stereocenters. The minimum absolute atomic E-state index is 0.0460. The van der Waals surface area contributed by atoms with Crippen LogP contribution in [0.3, 0.4) is 0 Å². The maximum absolute atomic E-state index is 12.6. The molecule has 0 unspecified atom stereocenters. The van der Waals surface area contributed by atoms with Crippen LogP contribution in [0.1, 0.15) is 18.1 Å². The average molecular weight is 458 g/mol. The number of carbonyl (C=O) groups is 2. The zero-order chi connectivity index (χ0) is 22.5. The Kier molecular flexibility index (Phi) is 6.87. The number of anilines is 1. The van der Waals surface area contributed by atoms with E-state index < -0.39 is 0 Å². The summed E-state index contributed by atoms with van der Waals surface area (Å²) in [5, 5.41) is 7.05. The van der Waals surface area contributed by atoms with Crippen molar-refractivity contribution in [3.8, 4) is 11.3 Å². The maximum Gasteiger partial charge on any atom is 0.239 e. The highest BCUT2D eigenvalue weighted by molar-refractivity contribution is 6.33. The molecule has 2 amide bonds. The van der Waals surface area contributed by atoms with E-state index in [9.17, 15) is 9.59 Å². The number of benzene rings is 1. The summed E-state index contributed by atoms with van der Waals surface area (Å²) in [6.07, 6.45) is 2.36. The van der Waals surface area contributed by atoms with Gasteiger partial charge in [-0.1, -0.05) is 28.9 Å². The predicted octanol–water partition coefficient (Wildman–Crippen LogP) is 3.01. The number of nitrogens with one attached hydrogen (secondary N) is 1. The van der Waals surface area contributed by atoms with E-state index in [-0.39, 0.29) is 18.4 Å². The maximum atomic E-state index is 12.6. The topological polar surface area (TPSA) is 105 Å². The van der Waals surface area contributed by atoms with Crippen molar-refractivity contribution in [2.75, 3.05) is 38.0 Å². The molecule has 0 saturated carbocycles. The quantitative estimate of drug-likeness (QED) is 0.581. The van der Waals surface area contributed by atoms with E-state index in [0.717, 1.165) is 5.56 Å². The van der Waals surface area contributed by atoms with Gasteiger partial charge < -0.3 is 19.2 Å². The summed E-state index contributed by atoms with van der Waals surface area (Å²) in [7, 11) is 0. The van der Waals surface area contributed by atoms with Crippen LogP contribution < -0.4 is 5.32 Å². The number of carbonyl (C=O) groups excluding carboxylic acids is 2. The Bertz CT molecular complexity index is 1090. The van der Waals surface area contributed by atoms with Gasteiger partial charge in [0, 0.05) is 50.7 Å². The molecule has 1 fully saturated rings. The highest BCUT2D eigenvalue weighted by Crippen LogP contribution is 2.28. The Morgan fingerprint density at radius 3 is 2.69 bits per heavy atom. The first-order chi connectivity index (χ1) is 15.5. The summed E-state index contributed by atoms with van der Waals surface area (Å²) >= 11 is 6.20. The van der Waals surface area contributed by atoms with E-state index in [2.05, 4.69) is 15.5 Å². The predicted molar refractivity (Wildman–Crippen MR) is 118 cm³/mol. The molecule has 1 aliphatic rings. The summed E-state index contributed by atoms with van der Waals surface area (Å²) in [5.74, 6) is 2.03. The van der Waals surface area contributed by atoms with Gasteiger partial charge in [-0.25, -0.2) is 4.98 Å². The van der Waals surface area contributed by atoms with Gasteiger partial charge in [0.1, 0.15) is 5.76 Å². The van der Waals surface area contributed by atoms with E-state index in [4.69, 9.17) is 20.5 Å². The first-order valence-electron chi connectivity index (χ1n) is 10.4. The standard InChI is InChI=1S/C22H24ClN5O4/c1-15-12-19(26-32-15)25-20(29)14-27-8-10-28(11-9-27)22(30)7-6-21-24-13-18(31-21)16-4-2-3-5-17(16)23/h2-5,12-13H,6-11,14H2,1H3,(H,25,26,29). The van der Waals surface area contributed by atoms with Gasteiger partial charge in [0.05, 0.1) is 17.8 Å². The van der Waals surface area contributed by atoms with Gasteiger partial charge >= 0.3 is 0 Å². The number of hydrogen-bond donors (Lipinski definition) is 1. The Hall–Kier alpha value is -3.17. The van der Waals surface area contributed by atoms with Crippen LogP contribution >= 0.6 is 11.6 Å². The van der Waals surface area contributed by atoms with Crippen LogP contribution in [0, 0.1) is 6.92 Å². The molecule has 1 saturated heterocycles. The normalized spacial score (nSPS) is 14.5. The number of halogens is 1. The van der Waals surface area contributed by atoms with Crippen molar-refractivity contribution >= 4 is 29.2 Å². The summed E-state index contributed by atoms with van der Waals surface area (Å²) in [4.78, 5) is 32.8. The number of aryl methyl sites for hydroxylation is 2. The lowest BCUT2D eigenvalue weighted by molar-refractivity contribution is -0.133. The smallest absolute Gasteiger partial charge is 0.239 e. The molecule has 0 bridgehead atoms. The summed E-state index contributed by atoms with van der Waals surface area (Å²) < 4.78 is 10.7. The Morgan fingerprint density at radius 1 is 1.19 bits per heavy atom. The first-order valence-corrected chi connectivity index (χ1v) is 10.8. The zero-order valence-electron chi connectivity index (χ0n) is 17.7. The molecule has 2 aromatic heterocycles. The Balaban J connectivity index is 1.20. The molecule has 10 heteroatoms. The molecule has 3 aromatic rings. The van der Waals surface area contributed by atoms with Crippen molar-refractivity contribution in [2.24, 2.45) is 0 Å². The fraction of sp³-hybridized carbons (Fsp3) is 0.364. The lowest BCUT2D eigenvalue weighted by atomic mass is 10.2. The number of nitrogens with zero attached hydrogens (tertiary/aromatic N) is 4. The zero-order valence-corrected chi connectivity index (χ0v) is 18.5. The van der Waals surface area contributed by atoms with E-state index >= 15 is 0 Å². The second kappa shape index (κ2) is 9.97. The molecule has 0 aliphatic carbocycles. The molecule has 3 heterocycles. The van der Waals surface area contributed by atoms with E-state index in [0.29, 0.717) is 67.3 Å². The molecule has 9 nitrogen and oxygen atoms in total. The van der Waals surface area contributed by atoms with Crippen LogP contribution in [0.15, 0.2) is 45.5 Å². The molecular formula is C22H24ClN5O4. The van der Waals surface area contributed by atoms with Gasteiger partial charge in [0.15, 0.2) is 17.5 Å². The van der Waals surface area contributed by atoms with Gasteiger partial charge in [-0.15, -0.1) is 0 Å². The van der Waals surface area contributed by atoms with Gasteiger partial charge in [-0.05, 0) is 19.1 Å². The Morgan fingerprint density at radius 2 is 1.97 bits per heavy atom. The summed E-state index contributed by atoms with van der Waals surface area (Å²) in [6, 6.07) is 9.06. The number of rotatable bonds is 7. The first kappa shape index (κ1) is 22.0. The monoisotopic (exact) mass is 457 g/mol. The second-order valence-electron chi connectivity index (χ2n) is 7.63. The molecule has 0 spiro atoms. The largest absolute Gasteiger partial charge is 0.441 e. The molecule has 1 aromatic carbocycles. The van der Waals surface area contributed by atoms with Crippen molar-refractivity contribution < 1.29 is 18.5 Å². The van der Waals surface area contributed by atoms with Crippen molar-refractivity contribution in [3.05, 3.63) is 53.2 Å². The minimum atomic E-state index is -0.156. The van der Waals surface area contributed by atoms with Gasteiger partial charge in [0.2, 0.25) is 11.8 Å². The van der Waals surface area contributed by atoms with E-state index in [1.165, 1.54) is 0 Å². The Labute approximate surface area is 190 Å². The lowest BCUT2D eigenvalue weighted by Crippen LogP contribution is -2.50. The number of aromatic nitrogens is 2. The number of piperazine rings is 1. The summed E-state index contributed by atoms with van der Waals surface area (Å²) in [5.41, 5.74) is 0.776. The molecule has 1 aliphatic heterocycles. The van der Waals surface area contributed by atoms with Crippen LogP contribution in [0.25, 0.3) is 11.3 Å². The fourth-order valence-electron chi connectivity index (χ4n) is 3.55. The van der Waals surface area contributed by atoms with Crippen LogP contribution in [0.5, 0.6) is 0 Å².